The third-order valence-corrected chi connectivity index (χ3v) is 4.10. The van der Waals surface area contributed by atoms with Gasteiger partial charge in [0, 0.05) is 19.0 Å². The predicted octanol–water partition coefficient (Wildman–Crippen LogP) is 4.52. The Hall–Kier alpha value is -1.46. The Kier molecular flexibility index (Phi) is 6.54. The van der Waals surface area contributed by atoms with Crippen molar-refractivity contribution in [3.05, 3.63) is 40.5 Å². The van der Waals surface area contributed by atoms with Crippen LogP contribution >= 0.6 is 23.4 Å². The Morgan fingerprint density at radius 2 is 1.91 bits per heavy atom. The van der Waals surface area contributed by atoms with Crippen LogP contribution in [-0.2, 0) is 6.42 Å². The van der Waals surface area contributed by atoms with Crippen LogP contribution < -0.4 is 10.1 Å². The second-order valence-electron chi connectivity index (χ2n) is 5.60. The highest BCUT2D eigenvalue weighted by Gasteiger charge is 2.13. The summed E-state index contributed by atoms with van der Waals surface area (Å²) in [6, 6.07) is 8.07. The summed E-state index contributed by atoms with van der Waals surface area (Å²) in [6.45, 7) is 4.99. The van der Waals surface area contributed by atoms with Gasteiger partial charge in [-0.05, 0) is 29.9 Å². The number of nitrogens with one attached hydrogen (secondary N) is 1. The van der Waals surface area contributed by atoms with E-state index in [4.69, 9.17) is 16.3 Å². The third kappa shape index (κ3) is 5.01. The molecule has 0 unspecified atom stereocenters. The van der Waals surface area contributed by atoms with Gasteiger partial charge in [-0.25, -0.2) is 9.97 Å². The van der Waals surface area contributed by atoms with E-state index < -0.39 is 0 Å². The summed E-state index contributed by atoms with van der Waals surface area (Å²) in [7, 11) is 1.84. The normalized spacial score (nSPS) is 10.9. The number of halogens is 1. The van der Waals surface area contributed by atoms with Crippen LogP contribution in [0.1, 0.15) is 25.0 Å². The van der Waals surface area contributed by atoms with Crippen LogP contribution in [0.2, 0.25) is 5.15 Å². The topological polar surface area (TPSA) is 47.0 Å². The standard InChI is InChI=1S/C17H22ClN3OS/c1-11(2)10-22-13-7-5-12(6-8-13)9-14-15(18)20-17(23-4)21-16(14)19-3/h5-8,11H,9-10H2,1-4H3,(H,19,20,21). The second-order valence-corrected chi connectivity index (χ2v) is 6.74. The van der Waals surface area contributed by atoms with Crippen molar-refractivity contribution >= 4 is 29.2 Å². The lowest BCUT2D eigenvalue weighted by Crippen LogP contribution is -2.05. The van der Waals surface area contributed by atoms with E-state index >= 15 is 0 Å². The summed E-state index contributed by atoms with van der Waals surface area (Å²) < 4.78 is 5.71. The molecule has 4 nitrogen and oxygen atoms in total. The molecular formula is C17H22ClN3OS. The van der Waals surface area contributed by atoms with Gasteiger partial charge in [0.15, 0.2) is 5.16 Å². The molecule has 0 saturated carbocycles. The molecule has 1 heterocycles. The minimum absolute atomic E-state index is 0.494. The number of benzene rings is 1. The molecule has 1 aromatic heterocycles. The number of nitrogens with zero attached hydrogens (tertiary/aromatic N) is 2. The number of thioether (sulfide) groups is 1. The minimum atomic E-state index is 0.494. The maximum Gasteiger partial charge on any atom is 0.190 e. The molecule has 0 bridgehead atoms. The van der Waals surface area contributed by atoms with Gasteiger partial charge in [-0.3, -0.25) is 0 Å². The molecule has 0 saturated heterocycles. The van der Waals surface area contributed by atoms with E-state index in [0.29, 0.717) is 22.6 Å². The van der Waals surface area contributed by atoms with Crippen molar-refractivity contribution < 1.29 is 4.74 Å². The number of hydrogen-bond acceptors (Lipinski definition) is 5. The highest BCUT2D eigenvalue weighted by molar-refractivity contribution is 7.98. The fraction of sp³-hybridized carbons (Fsp3) is 0.412. The number of rotatable bonds is 7. The molecule has 2 aromatic rings. The smallest absolute Gasteiger partial charge is 0.190 e. The molecule has 0 atom stereocenters. The van der Waals surface area contributed by atoms with Crippen LogP contribution in [0.3, 0.4) is 0 Å². The first kappa shape index (κ1) is 17.9. The molecule has 0 aliphatic heterocycles. The van der Waals surface area contributed by atoms with Gasteiger partial charge in [-0.1, -0.05) is 49.3 Å². The van der Waals surface area contributed by atoms with Gasteiger partial charge in [-0.2, -0.15) is 0 Å². The number of hydrogen-bond donors (Lipinski definition) is 1. The van der Waals surface area contributed by atoms with Gasteiger partial charge in [0.25, 0.3) is 0 Å². The monoisotopic (exact) mass is 351 g/mol. The average molecular weight is 352 g/mol. The van der Waals surface area contributed by atoms with Gasteiger partial charge >= 0.3 is 0 Å². The maximum atomic E-state index is 6.33. The first-order valence-corrected chi connectivity index (χ1v) is 9.13. The van der Waals surface area contributed by atoms with Crippen molar-refractivity contribution in [3.63, 3.8) is 0 Å². The third-order valence-electron chi connectivity index (χ3n) is 3.24. The van der Waals surface area contributed by atoms with Gasteiger partial charge in [0.05, 0.1) is 6.61 Å². The molecule has 23 heavy (non-hydrogen) atoms. The number of aromatic nitrogens is 2. The summed E-state index contributed by atoms with van der Waals surface area (Å²) in [5.74, 6) is 2.17. The molecule has 1 N–H and O–H groups in total. The summed E-state index contributed by atoms with van der Waals surface area (Å²) in [5.41, 5.74) is 2.05. The summed E-state index contributed by atoms with van der Waals surface area (Å²) in [6.07, 6.45) is 2.61. The predicted molar refractivity (Wildman–Crippen MR) is 98.0 cm³/mol. The lowest BCUT2D eigenvalue weighted by molar-refractivity contribution is 0.271. The Morgan fingerprint density at radius 1 is 1.22 bits per heavy atom. The van der Waals surface area contributed by atoms with Crippen molar-refractivity contribution in [1.82, 2.24) is 9.97 Å². The van der Waals surface area contributed by atoms with E-state index in [1.807, 2.05) is 37.6 Å². The average Bonchev–Trinajstić information content (AvgIpc) is 2.55. The van der Waals surface area contributed by atoms with Crippen LogP contribution in [-0.4, -0.2) is 29.9 Å². The first-order valence-electron chi connectivity index (χ1n) is 7.53. The van der Waals surface area contributed by atoms with Gasteiger partial charge < -0.3 is 10.1 Å². The molecule has 2 rings (SSSR count). The summed E-state index contributed by atoms with van der Waals surface area (Å²) in [5, 5.41) is 4.26. The van der Waals surface area contributed by atoms with Crippen molar-refractivity contribution in [2.24, 2.45) is 5.92 Å². The zero-order chi connectivity index (χ0) is 16.8. The molecule has 0 aliphatic rings. The molecule has 124 valence electrons. The lowest BCUT2D eigenvalue weighted by Gasteiger charge is -2.12. The molecule has 0 fully saturated rings. The van der Waals surface area contributed by atoms with Crippen LogP contribution in [0.4, 0.5) is 5.82 Å². The van der Waals surface area contributed by atoms with Crippen LogP contribution in [0.5, 0.6) is 5.75 Å². The van der Waals surface area contributed by atoms with E-state index in [9.17, 15) is 0 Å². The van der Waals surface area contributed by atoms with Crippen molar-refractivity contribution in [2.75, 3.05) is 25.2 Å². The Morgan fingerprint density at radius 3 is 2.48 bits per heavy atom. The summed E-state index contributed by atoms with van der Waals surface area (Å²) >= 11 is 7.80. The largest absolute Gasteiger partial charge is 0.493 e. The first-order chi connectivity index (χ1) is 11.0. The molecule has 6 heteroatoms. The highest BCUT2D eigenvalue weighted by Crippen LogP contribution is 2.27. The van der Waals surface area contributed by atoms with Crippen LogP contribution in [0, 0.1) is 5.92 Å². The van der Waals surface area contributed by atoms with E-state index in [1.165, 1.54) is 11.8 Å². The second kappa shape index (κ2) is 8.41. The minimum Gasteiger partial charge on any atom is -0.493 e. The number of anilines is 1. The Labute approximate surface area is 147 Å². The molecule has 0 radical (unpaired) electrons. The fourth-order valence-electron chi connectivity index (χ4n) is 2.06. The molecular weight excluding hydrogens is 330 g/mol. The fourth-order valence-corrected chi connectivity index (χ4v) is 2.71. The van der Waals surface area contributed by atoms with Gasteiger partial charge in [-0.15, -0.1) is 0 Å². The van der Waals surface area contributed by atoms with E-state index in [2.05, 4.69) is 29.1 Å². The molecule has 0 amide bonds. The molecule has 1 aromatic carbocycles. The van der Waals surface area contributed by atoms with E-state index in [1.54, 1.807) is 0 Å². The zero-order valence-electron chi connectivity index (χ0n) is 13.9. The summed E-state index contributed by atoms with van der Waals surface area (Å²) in [4.78, 5) is 8.78. The van der Waals surface area contributed by atoms with E-state index in [0.717, 1.165) is 29.3 Å². The van der Waals surface area contributed by atoms with E-state index in [-0.39, 0.29) is 0 Å². The van der Waals surface area contributed by atoms with Gasteiger partial charge in [0.1, 0.15) is 16.7 Å². The molecule has 0 spiro atoms. The molecule has 0 aliphatic carbocycles. The van der Waals surface area contributed by atoms with Crippen molar-refractivity contribution in [3.8, 4) is 5.75 Å². The zero-order valence-corrected chi connectivity index (χ0v) is 15.5. The van der Waals surface area contributed by atoms with Crippen molar-refractivity contribution in [1.29, 1.82) is 0 Å². The van der Waals surface area contributed by atoms with Gasteiger partial charge in [0.2, 0.25) is 0 Å². The maximum absolute atomic E-state index is 6.33. The van der Waals surface area contributed by atoms with Crippen molar-refractivity contribution in [2.45, 2.75) is 25.4 Å². The SMILES string of the molecule is CNc1nc(SC)nc(Cl)c1Cc1ccc(OCC(C)C)cc1. The Bertz CT molecular complexity index is 647. The van der Waals surface area contributed by atoms with Crippen LogP contribution in [0.25, 0.3) is 0 Å². The lowest BCUT2D eigenvalue weighted by atomic mass is 10.1. The quantitative estimate of drug-likeness (QED) is 0.451. The number of ether oxygens (including phenoxy) is 1. The highest BCUT2D eigenvalue weighted by atomic mass is 35.5. The Balaban J connectivity index is 2.16. The van der Waals surface area contributed by atoms with Crippen LogP contribution in [0.15, 0.2) is 29.4 Å².